The predicted octanol–water partition coefficient (Wildman–Crippen LogP) is 4.70. The van der Waals surface area contributed by atoms with E-state index in [2.05, 4.69) is 21.2 Å². The molecule has 214 valence electrons. The molecule has 0 fully saturated rings. The van der Waals surface area contributed by atoms with Crippen LogP contribution in [0.15, 0.2) is 77.3 Å². The van der Waals surface area contributed by atoms with Crippen molar-refractivity contribution in [2.75, 3.05) is 24.2 Å². The molecule has 40 heavy (non-hydrogen) atoms. The van der Waals surface area contributed by atoms with Crippen molar-refractivity contribution >= 4 is 43.5 Å². The second kappa shape index (κ2) is 13.8. The van der Waals surface area contributed by atoms with Gasteiger partial charge in [0.15, 0.2) is 0 Å². The molecule has 10 heteroatoms. The first kappa shape index (κ1) is 31.2. The number of amides is 2. The van der Waals surface area contributed by atoms with Crippen molar-refractivity contribution in [2.24, 2.45) is 0 Å². The minimum atomic E-state index is -3.90. The van der Waals surface area contributed by atoms with Crippen molar-refractivity contribution in [2.45, 2.75) is 45.8 Å². The number of aryl methyl sites for hydroxylation is 1. The van der Waals surface area contributed by atoms with Gasteiger partial charge in [0.25, 0.3) is 0 Å². The lowest BCUT2D eigenvalue weighted by atomic mass is 10.0. The number of hydrogen-bond donors (Lipinski definition) is 1. The summed E-state index contributed by atoms with van der Waals surface area (Å²) in [5.74, 6) is -0.512. The van der Waals surface area contributed by atoms with Crippen LogP contribution >= 0.6 is 15.9 Å². The fraction of sp³-hybridized carbons (Fsp3) is 0.333. The summed E-state index contributed by atoms with van der Waals surface area (Å²) in [5, 5.41) is 2.94. The molecule has 0 heterocycles. The summed E-state index contributed by atoms with van der Waals surface area (Å²) in [7, 11) is -2.45. The van der Waals surface area contributed by atoms with Gasteiger partial charge in [-0.05, 0) is 61.7 Å². The third-order valence-corrected chi connectivity index (χ3v) is 7.91. The molecule has 8 nitrogen and oxygen atoms in total. The average Bonchev–Trinajstić information content (AvgIpc) is 2.89. The lowest BCUT2D eigenvalue weighted by Crippen LogP contribution is -2.54. The van der Waals surface area contributed by atoms with Crippen molar-refractivity contribution in [3.05, 3.63) is 94.0 Å². The summed E-state index contributed by atoms with van der Waals surface area (Å²) in [6, 6.07) is 21.0. The molecule has 3 aromatic rings. The number of hydrogen-bond acceptors (Lipinski definition) is 5. The van der Waals surface area contributed by atoms with E-state index in [9.17, 15) is 18.0 Å². The van der Waals surface area contributed by atoms with E-state index >= 15 is 0 Å². The van der Waals surface area contributed by atoms with E-state index in [4.69, 9.17) is 4.74 Å². The molecule has 2 amide bonds. The number of ether oxygens (including phenoxy) is 1. The fourth-order valence-electron chi connectivity index (χ4n) is 4.31. The summed E-state index contributed by atoms with van der Waals surface area (Å²) in [5.41, 5.74) is 2.74. The number of carbonyl (C=O) groups is 2. The molecule has 1 N–H and O–H groups in total. The van der Waals surface area contributed by atoms with Gasteiger partial charge in [-0.1, -0.05) is 64.5 Å². The van der Waals surface area contributed by atoms with Crippen LogP contribution in [0.1, 0.15) is 30.5 Å². The Bertz CT molecular complexity index is 1410. The van der Waals surface area contributed by atoms with Crippen LogP contribution in [0.5, 0.6) is 5.75 Å². The van der Waals surface area contributed by atoms with Gasteiger partial charge in [-0.15, -0.1) is 0 Å². The van der Waals surface area contributed by atoms with E-state index in [-0.39, 0.29) is 30.6 Å². The van der Waals surface area contributed by atoms with Crippen molar-refractivity contribution in [1.29, 1.82) is 0 Å². The Kier molecular flexibility index (Phi) is 10.8. The first-order chi connectivity index (χ1) is 18.9. The lowest BCUT2D eigenvalue weighted by Gasteiger charge is -2.34. The molecule has 1 atom stereocenters. The molecule has 0 saturated carbocycles. The number of benzene rings is 3. The molecule has 0 aliphatic heterocycles. The lowest BCUT2D eigenvalue weighted by molar-refractivity contribution is -0.140. The van der Waals surface area contributed by atoms with Gasteiger partial charge in [0.1, 0.15) is 18.3 Å². The smallest absolute Gasteiger partial charge is 0.244 e. The Morgan fingerprint density at radius 1 is 0.975 bits per heavy atom. The summed E-state index contributed by atoms with van der Waals surface area (Å²) >= 11 is 3.43. The van der Waals surface area contributed by atoms with Gasteiger partial charge in [0.2, 0.25) is 21.8 Å². The van der Waals surface area contributed by atoms with E-state index < -0.39 is 28.5 Å². The normalized spacial score (nSPS) is 12.1. The fourth-order valence-corrected chi connectivity index (χ4v) is 5.42. The van der Waals surface area contributed by atoms with E-state index in [1.54, 1.807) is 18.2 Å². The highest BCUT2D eigenvalue weighted by atomic mass is 79.9. The Morgan fingerprint density at radius 2 is 1.62 bits per heavy atom. The third-order valence-electron chi connectivity index (χ3n) is 6.25. The second-order valence-corrected chi connectivity index (χ2v) is 12.8. The summed E-state index contributed by atoms with van der Waals surface area (Å²) in [6.45, 7) is 5.14. The monoisotopic (exact) mass is 629 g/mol. The molecule has 0 aromatic heterocycles. The Morgan fingerprint density at radius 3 is 2.20 bits per heavy atom. The zero-order valence-corrected chi connectivity index (χ0v) is 25.8. The second-order valence-electron chi connectivity index (χ2n) is 9.96. The zero-order chi connectivity index (χ0) is 29.4. The maximum atomic E-state index is 14.1. The molecule has 3 aromatic carbocycles. The maximum Gasteiger partial charge on any atom is 0.244 e. The van der Waals surface area contributed by atoms with Crippen LogP contribution in [-0.4, -0.2) is 57.1 Å². The Labute approximate surface area is 245 Å². The van der Waals surface area contributed by atoms with Gasteiger partial charge in [0, 0.05) is 23.5 Å². The van der Waals surface area contributed by atoms with Crippen LogP contribution < -0.4 is 14.4 Å². The Hall–Kier alpha value is -3.37. The van der Waals surface area contributed by atoms with E-state index in [0.717, 1.165) is 31.7 Å². The number of sulfonamides is 1. The van der Waals surface area contributed by atoms with Crippen molar-refractivity contribution in [1.82, 2.24) is 10.2 Å². The van der Waals surface area contributed by atoms with Crippen LogP contribution in [-0.2, 0) is 32.6 Å². The summed E-state index contributed by atoms with van der Waals surface area (Å²) < 4.78 is 33.4. The number of nitrogens with zero attached hydrogens (tertiary/aromatic N) is 2. The molecular formula is C30H36BrN3O5S. The van der Waals surface area contributed by atoms with E-state index in [1.165, 1.54) is 12.0 Å². The minimum absolute atomic E-state index is 0.109. The van der Waals surface area contributed by atoms with Crippen LogP contribution in [0.4, 0.5) is 5.69 Å². The SMILES string of the molecule is COc1ccc(C)cc1N(CC(=O)N(Cc1ccc(Br)cc1)C(Cc1ccccc1)C(=O)NC(C)C)S(C)(=O)=O. The van der Waals surface area contributed by atoms with Crippen molar-refractivity contribution < 1.29 is 22.7 Å². The van der Waals surface area contributed by atoms with E-state index in [0.29, 0.717) is 5.75 Å². The number of rotatable bonds is 12. The number of anilines is 1. The van der Waals surface area contributed by atoms with Crippen LogP contribution in [0.3, 0.4) is 0 Å². The standard InChI is InChI=1S/C30H36BrN3O5S/c1-21(2)32-30(36)27(18-23-9-7-6-8-10-23)33(19-24-12-14-25(31)15-13-24)29(35)20-34(40(5,37)38)26-17-22(3)11-16-28(26)39-4/h6-17,21,27H,18-20H2,1-5H3,(H,32,36). The molecule has 3 rings (SSSR count). The van der Waals surface area contributed by atoms with Gasteiger partial charge in [-0.2, -0.15) is 0 Å². The number of methoxy groups -OCH3 is 1. The molecule has 0 aliphatic rings. The van der Waals surface area contributed by atoms with Crippen LogP contribution in [0.25, 0.3) is 0 Å². The highest BCUT2D eigenvalue weighted by Crippen LogP contribution is 2.31. The highest BCUT2D eigenvalue weighted by Gasteiger charge is 2.34. The van der Waals surface area contributed by atoms with Crippen molar-refractivity contribution in [3.63, 3.8) is 0 Å². The highest BCUT2D eigenvalue weighted by molar-refractivity contribution is 9.10. The molecule has 0 spiro atoms. The van der Waals surface area contributed by atoms with Gasteiger partial charge < -0.3 is 15.0 Å². The number of carbonyl (C=O) groups excluding carboxylic acids is 2. The summed E-state index contributed by atoms with van der Waals surface area (Å²) in [6.07, 6.45) is 1.31. The topological polar surface area (TPSA) is 96.0 Å². The van der Waals surface area contributed by atoms with Crippen molar-refractivity contribution in [3.8, 4) is 5.75 Å². The first-order valence-corrected chi connectivity index (χ1v) is 15.5. The third kappa shape index (κ3) is 8.56. The van der Waals surface area contributed by atoms with Gasteiger partial charge in [-0.25, -0.2) is 8.42 Å². The number of halogens is 1. The molecule has 0 radical (unpaired) electrons. The number of nitrogens with one attached hydrogen (secondary N) is 1. The molecule has 1 unspecified atom stereocenters. The zero-order valence-electron chi connectivity index (χ0n) is 23.4. The minimum Gasteiger partial charge on any atom is -0.495 e. The Balaban J connectivity index is 2.09. The van der Waals surface area contributed by atoms with Gasteiger partial charge in [0.05, 0.1) is 19.1 Å². The van der Waals surface area contributed by atoms with Crippen LogP contribution in [0, 0.1) is 6.92 Å². The molecule has 0 aliphatic carbocycles. The first-order valence-electron chi connectivity index (χ1n) is 12.9. The molecule has 0 bridgehead atoms. The maximum absolute atomic E-state index is 14.1. The molecule has 0 saturated heterocycles. The predicted molar refractivity (Wildman–Crippen MR) is 162 cm³/mol. The largest absolute Gasteiger partial charge is 0.495 e. The van der Waals surface area contributed by atoms with Gasteiger partial charge >= 0.3 is 0 Å². The molecular weight excluding hydrogens is 594 g/mol. The van der Waals surface area contributed by atoms with Gasteiger partial charge in [-0.3, -0.25) is 13.9 Å². The van der Waals surface area contributed by atoms with Crippen LogP contribution in [0.2, 0.25) is 0 Å². The quantitative estimate of drug-likeness (QED) is 0.313. The average molecular weight is 631 g/mol. The van der Waals surface area contributed by atoms with E-state index in [1.807, 2.05) is 75.4 Å². The summed E-state index contributed by atoms with van der Waals surface area (Å²) in [4.78, 5) is 29.2.